The largest absolute Gasteiger partial charge is 0.117 e. The Balaban J connectivity index is 2.09. The van der Waals surface area contributed by atoms with Gasteiger partial charge in [0, 0.05) is 5.92 Å². The molecular formula is C16H17P. The lowest BCUT2D eigenvalue weighted by Gasteiger charge is -2.12. The van der Waals surface area contributed by atoms with Gasteiger partial charge in [-0.05, 0) is 40.0 Å². The molecule has 0 nitrogen and oxygen atoms in total. The fourth-order valence-corrected chi connectivity index (χ4v) is 4.62. The molecule has 0 N–H and O–H groups in total. The summed E-state index contributed by atoms with van der Waals surface area (Å²) in [5.74, 6) is 2.95. The van der Waals surface area contributed by atoms with E-state index in [4.69, 9.17) is 0 Å². The lowest BCUT2D eigenvalue weighted by Crippen LogP contribution is -1.91. The van der Waals surface area contributed by atoms with Gasteiger partial charge in [-0.15, -0.1) is 7.53 Å². The monoisotopic (exact) mass is 240 g/mol. The third-order valence-electron chi connectivity index (χ3n) is 3.71. The van der Waals surface area contributed by atoms with Crippen molar-refractivity contribution >= 4 is 19.2 Å². The number of benzene rings is 1. The summed E-state index contributed by atoms with van der Waals surface area (Å²) < 4.78 is 0. The van der Waals surface area contributed by atoms with Crippen LogP contribution >= 0.6 is 7.53 Å². The van der Waals surface area contributed by atoms with Gasteiger partial charge >= 0.3 is 0 Å². The maximum Gasteiger partial charge on any atom is 0.00763 e. The first-order chi connectivity index (χ1) is 8.31. The lowest BCUT2D eigenvalue weighted by molar-refractivity contribution is 1.01. The zero-order chi connectivity index (χ0) is 11.8. The molecule has 1 aromatic carbocycles. The Morgan fingerprint density at radius 2 is 1.94 bits per heavy atom. The smallest absolute Gasteiger partial charge is 0.00763 e. The van der Waals surface area contributed by atoms with Crippen molar-refractivity contribution in [3.8, 4) is 0 Å². The van der Waals surface area contributed by atoms with E-state index < -0.39 is 0 Å². The summed E-state index contributed by atoms with van der Waals surface area (Å²) in [6, 6.07) is 13.3. The summed E-state index contributed by atoms with van der Waals surface area (Å²) in [5.41, 5.74) is 4.44. The van der Waals surface area contributed by atoms with E-state index >= 15 is 0 Å². The summed E-state index contributed by atoms with van der Waals surface area (Å²) in [6.45, 7) is 4.63. The van der Waals surface area contributed by atoms with Crippen molar-refractivity contribution < 1.29 is 0 Å². The summed E-state index contributed by atoms with van der Waals surface area (Å²) >= 11 is 0. The summed E-state index contributed by atoms with van der Waals surface area (Å²) in [5, 5.41) is 1.59. The van der Waals surface area contributed by atoms with Crippen molar-refractivity contribution in [2.75, 3.05) is 0 Å². The van der Waals surface area contributed by atoms with Crippen LogP contribution in [0, 0.1) is 0 Å². The van der Waals surface area contributed by atoms with E-state index in [0.717, 1.165) is 0 Å². The molecule has 2 atom stereocenters. The van der Waals surface area contributed by atoms with Gasteiger partial charge in [-0.3, -0.25) is 0 Å². The Bertz CT molecular complexity index is 575. The normalized spacial score (nSPS) is 19.1. The third-order valence-corrected chi connectivity index (χ3v) is 5.95. The Morgan fingerprint density at radius 1 is 1.12 bits per heavy atom. The molecular weight excluding hydrogens is 223 g/mol. The molecule has 0 saturated carbocycles. The summed E-state index contributed by atoms with van der Waals surface area (Å²) in [4.78, 5) is 0. The van der Waals surface area contributed by atoms with Gasteiger partial charge in [-0.25, -0.2) is 0 Å². The van der Waals surface area contributed by atoms with Crippen LogP contribution in [-0.4, -0.2) is 0 Å². The zero-order valence-corrected chi connectivity index (χ0v) is 11.2. The van der Waals surface area contributed by atoms with Crippen LogP contribution in [0.1, 0.15) is 36.2 Å². The average molecular weight is 240 g/mol. The van der Waals surface area contributed by atoms with Gasteiger partial charge in [0.2, 0.25) is 0 Å². The quantitative estimate of drug-likeness (QED) is 0.663. The predicted molar refractivity (Wildman–Crippen MR) is 77.6 cm³/mol. The van der Waals surface area contributed by atoms with Gasteiger partial charge < -0.3 is 0 Å². The van der Waals surface area contributed by atoms with Crippen LogP contribution < -0.4 is 0 Å². The Hall–Kier alpha value is -1.26. The number of rotatable bonds is 2. The zero-order valence-electron chi connectivity index (χ0n) is 10.4. The second-order valence-corrected chi connectivity index (χ2v) is 6.98. The molecule has 2 aromatic rings. The molecule has 0 fully saturated rings. The van der Waals surface area contributed by atoms with E-state index in [1.54, 1.807) is 10.9 Å². The van der Waals surface area contributed by atoms with E-state index in [-0.39, 0.29) is 7.53 Å². The number of hydrogen-bond donors (Lipinski definition) is 0. The first-order valence-corrected chi connectivity index (χ1v) is 7.87. The summed E-state index contributed by atoms with van der Waals surface area (Å²) in [6.07, 6.45) is 3.65. The van der Waals surface area contributed by atoms with E-state index in [1.165, 1.54) is 17.3 Å². The summed E-state index contributed by atoms with van der Waals surface area (Å²) in [7, 11) is -0.0343. The molecule has 17 heavy (non-hydrogen) atoms. The Kier molecular flexibility index (Phi) is 2.68. The number of fused-ring (bicyclic) bond motifs is 1. The Morgan fingerprint density at radius 3 is 2.71 bits per heavy atom. The van der Waals surface area contributed by atoms with E-state index in [1.807, 2.05) is 0 Å². The minimum absolute atomic E-state index is 0.0343. The highest BCUT2D eigenvalue weighted by Crippen LogP contribution is 2.48. The molecule has 1 heterocycles. The fourth-order valence-electron chi connectivity index (χ4n) is 2.74. The van der Waals surface area contributed by atoms with Gasteiger partial charge in [0.05, 0.1) is 0 Å². The Labute approximate surface area is 104 Å². The highest BCUT2D eigenvalue weighted by Gasteiger charge is 2.23. The van der Waals surface area contributed by atoms with E-state index in [2.05, 4.69) is 62.1 Å². The SMILES string of the molecule is CCp1cccc1C1=Cc2ccccc2C1C. The standard InChI is InChI=1S/C16H17P/c1-3-17-10-6-9-16(17)15-11-13-7-4-5-8-14(13)12(15)2/h4-12H,3H2,1-2H3. The molecule has 1 aliphatic carbocycles. The van der Waals surface area contributed by atoms with Crippen molar-refractivity contribution in [2.24, 2.45) is 0 Å². The van der Waals surface area contributed by atoms with Crippen molar-refractivity contribution in [3.05, 3.63) is 58.6 Å². The molecule has 0 spiro atoms. The molecule has 86 valence electrons. The fraction of sp³-hybridized carbons (Fsp3) is 0.250. The molecule has 2 unspecified atom stereocenters. The average Bonchev–Trinajstić information content (AvgIpc) is 2.94. The van der Waals surface area contributed by atoms with Gasteiger partial charge in [0.25, 0.3) is 0 Å². The number of hydrogen-bond acceptors (Lipinski definition) is 0. The predicted octanol–water partition coefficient (Wildman–Crippen LogP) is 5.35. The van der Waals surface area contributed by atoms with Crippen LogP contribution in [0.4, 0.5) is 0 Å². The van der Waals surface area contributed by atoms with Gasteiger partial charge in [0.15, 0.2) is 0 Å². The number of aryl methyl sites for hydroxylation is 1. The van der Waals surface area contributed by atoms with Crippen molar-refractivity contribution in [1.82, 2.24) is 0 Å². The van der Waals surface area contributed by atoms with Gasteiger partial charge in [0.1, 0.15) is 0 Å². The first-order valence-electron chi connectivity index (χ1n) is 6.27. The molecule has 0 radical (unpaired) electrons. The maximum absolute atomic E-state index is 2.39. The van der Waals surface area contributed by atoms with Gasteiger partial charge in [-0.1, -0.05) is 50.2 Å². The van der Waals surface area contributed by atoms with Crippen LogP contribution in [0.5, 0.6) is 0 Å². The molecule has 0 bridgehead atoms. The highest BCUT2D eigenvalue weighted by atomic mass is 31.1. The van der Waals surface area contributed by atoms with Crippen molar-refractivity contribution in [1.29, 1.82) is 0 Å². The van der Waals surface area contributed by atoms with Crippen LogP contribution in [0.3, 0.4) is 0 Å². The molecule has 1 heteroatoms. The minimum atomic E-state index is -0.0343. The molecule has 1 aromatic heterocycles. The number of allylic oxidation sites excluding steroid dienone is 1. The highest BCUT2D eigenvalue weighted by molar-refractivity contribution is 7.49. The van der Waals surface area contributed by atoms with E-state index in [0.29, 0.717) is 5.92 Å². The van der Waals surface area contributed by atoms with Crippen LogP contribution in [0.25, 0.3) is 11.6 Å². The minimum Gasteiger partial charge on any atom is -0.117 e. The third kappa shape index (κ3) is 1.68. The van der Waals surface area contributed by atoms with Crippen molar-refractivity contribution in [3.63, 3.8) is 0 Å². The molecule has 0 aliphatic heterocycles. The topological polar surface area (TPSA) is 0 Å². The molecule has 0 amide bonds. The first kappa shape index (κ1) is 10.9. The maximum atomic E-state index is 2.39. The van der Waals surface area contributed by atoms with E-state index in [9.17, 15) is 0 Å². The lowest BCUT2D eigenvalue weighted by atomic mass is 9.97. The van der Waals surface area contributed by atoms with Crippen LogP contribution in [0.15, 0.2) is 42.2 Å². The van der Waals surface area contributed by atoms with Crippen molar-refractivity contribution in [2.45, 2.75) is 25.9 Å². The van der Waals surface area contributed by atoms with Crippen LogP contribution in [-0.2, 0) is 6.16 Å². The van der Waals surface area contributed by atoms with Crippen LogP contribution in [0.2, 0.25) is 0 Å². The molecule has 3 rings (SSSR count). The molecule has 0 saturated heterocycles. The second-order valence-electron chi connectivity index (χ2n) is 4.63. The van der Waals surface area contributed by atoms with Gasteiger partial charge in [-0.2, -0.15) is 0 Å². The second kappa shape index (κ2) is 4.20. The molecule has 1 aliphatic rings.